The van der Waals surface area contributed by atoms with E-state index in [2.05, 4.69) is 10.6 Å². The van der Waals surface area contributed by atoms with Gasteiger partial charge in [-0.2, -0.15) is 0 Å². The molecule has 9 heteroatoms. The number of hydrogen-bond donors (Lipinski definition) is 2. The van der Waals surface area contributed by atoms with Crippen molar-refractivity contribution in [2.75, 3.05) is 16.4 Å². The van der Waals surface area contributed by atoms with Gasteiger partial charge < -0.3 is 10.6 Å². The number of benzene rings is 2. The number of anilines is 2. The number of hydrogen-bond acceptors (Lipinski definition) is 5. The standard InChI is InChI=1S/C20H21ClN2O4S2/c1-3-17-20(25)23-16-11-13(5-7-18(16)28-17)29(26,27)9-8-19(24)22-15-6-4-12(2)10-14(15)21/h4-7,10-11,17H,3,8-9H2,1-2H3,(H,22,24)(H,23,25)/t17-/m0/s1. The Morgan fingerprint density at radius 2 is 2.00 bits per heavy atom. The summed E-state index contributed by atoms with van der Waals surface area (Å²) in [6, 6.07) is 9.87. The highest BCUT2D eigenvalue weighted by molar-refractivity contribution is 8.01. The summed E-state index contributed by atoms with van der Waals surface area (Å²) in [5.41, 5.74) is 1.89. The SMILES string of the molecule is CC[C@@H]1Sc2ccc(S(=O)(=O)CCC(=O)Nc3ccc(C)cc3Cl)cc2NC1=O. The number of aryl methyl sites for hydroxylation is 1. The quantitative estimate of drug-likeness (QED) is 0.682. The van der Waals surface area contributed by atoms with Crippen LogP contribution in [0, 0.1) is 6.92 Å². The number of fused-ring (bicyclic) bond motifs is 1. The molecule has 1 aliphatic heterocycles. The van der Waals surface area contributed by atoms with E-state index in [1.165, 1.54) is 23.9 Å². The van der Waals surface area contributed by atoms with E-state index in [1.54, 1.807) is 24.3 Å². The van der Waals surface area contributed by atoms with Crippen LogP contribution in [0.2, 0.25) is 5.02 Å². The Hall–Kier alpha value is -2.03. The minimum absolute atomic E-state index is 0.0771. The average molecular weight is 453 g/mol. The summed E-state index contributed by atoms with van der Waals surface area (Å²) in [7, 11) is -3.69. The average Bonchev–Trinajstić information content (AvgIpc) is 2.67. The first kappa shape index (κ1) is 21.7. The fraction of sp³-hybridized carbons (Fsp3) is 0.300. The maximum atomic E-state index is 12.7. The molecular weight excluding hydrogens is 432 g/mol. The Kier molecular flexibility index (Phi) is 6.55. The van der Waals surface area contributed by atoms with E-state index in [4.69, 9.17) is 11.6 Å². The zero-order chi connectivity index (χ0) is 21.2. The van der Waals surface area contributed by atoms with Crippen LogP contribution in [0.4, 0.5) is 11.4 Å². The number of carbonyl (C=O) groups is 2. The van der Waals surface area contributed by atoms with E-state index in [1.807, 2.05) is 13.8 Å². The largest absolute Gasteiger partial charge is 0.325 e. The highest BCUT2D eigenvalue weighted by Crippen LogP contribution is 2.38. The zero-order valence-corrected chi connectivity index (χ0v) is 18.4. The molecule has 6 nitrogen and oxygen atoms in total. The van der Waals surface area contributed by atoms with Gasteiger partial charge in [-0.15, -0.1) is 11.8 Å². The number of rotatable bonds is 6. The molecule has 2 aromatic carbocycles. The smallest absolute Gasteiger partial charge is 0.237 e. The number of carbonyl (C=O) groups excluding carboxylic acids is 2. The first-order valence-electron chi connectivity index (χ1n) is 9.10. The Bertz CT molecular complexity index is 1070. The van der Waals surface area contributed by atoms with Crippen molar-refractivity contribution in [1.82, 2.24) is 0 Å². The maximum Gasteiger partial charge on any atom is 0.237 e. The lowest BCUT2D eigenvalue weighted by molar-refractivity contribution is -0.116. The summed E-state index contributed by atoms with van der Waals surface area (Å²) in [4.78, 5) is 25.1. The molecule has 0 saturated heterocycles. The van der Waals surface area contributed by atoms with Gasteiger partial charge in [0.25, 0.3) is 0 Å². The van der Waals surface area contributed by atoms with E-state index in [-0.39, 0.29) is 28.2 Å². The Balaban J connectivity index is 1.67. The molecule has 1 heterocycles. The number of amides is 2. The van der Waals surface area contributed by atoms with Crippen LogP contribution in [-0.4, -0.2) is 31.2 Å². The van der Waals surface area contributed by atoms with Crippen molar-refractivity contribution >= 4 is 56.4 Å². The van der Waals surface area contributed by atoms with Gasteiger partial charge in [0.2, 0.25) is 11.8 Å². The fourth-order valence-corrected chi connectivity index (χ4v) is 5.44. The van der Waals surface area contributed by atoms with E-state index in [9.17, 15) is 18.0 Å². The van der Waals surface area contributed by atoms with Crippen molar-refractivity contribution in [3.05, 3.63) is 47.0 Å². The topological polar surface area (TPSA) is 92.3 Å². The molecule has 0 aromatic heterocycles. The number of sulfone groups is 1. The Morgan fingerprint density at radius 1 is 1.24 bits per heavy atom. The van der Waals surface area contributed by atoms with Crippen LogP contribution in [0.25, 0.3) is 0 Å². The van der Waals surface area contributed by atoms with Crippen molar-refractivity contribution < 1.29 is 18.0 Å². The van der Waals surface area contributed by atoms with Crippen molar-refractivity contribution in [3.63, 3.8) is 0 Å². The second-order valence-electron chi connectivity index (χ2n) is 6.76. The van der Waals surface area contributed by atoms with Gasteiger partial charge in [-0.1, -0.05) is 24.6 Å². The third kappa shape index (κ3) is 5.12. The second-order valence-corrected chi connectivity index (χ2v) is 10.5. The van der Waals surface area contributed by atoms with Crippen LogP contribution in [0.15, 0.2) is 46.2 Å². The van der Waals surface area contributed by atoms with Gasteiger partial charge >= 0.3 is 0 Å². The predicted molar refractivity (Wildman–Crippen MR) is 116 cm³/mol. The molecule has 0 bridgehead atoms. The monoisotopic (exact) mass is 452 g/mol. The summed E-state index contributed by atoms with van der Waals surface area (Å²) >= 11 is 7.51. The molecular formula is C20H21ClN2O4S2. The third-order valence-corrected chi connectivity index (χ3v) is 7.97. The second kappa shape index (κ2) is 8.77. The lowest BCUT2D eigenvalue weighted by atomic mass is 10.2. The van der Waals surface area contributed by atoms with E-state index in [0.717, 1.165) is 10.5 Å². The maximum absolute atomic E-state index is 12.7. The molecule has 2 aromatic rings. The lowest BCUT2D eigenvalue weighted by Crippen LogP contribution is -2.28. The van der Waals surface area contributed by atoms with E-state index in [0.29, 0.717) is 22.8 Å². The van der Waals surface area contributed by atoms with Crippen LogP contribution >= 0.6 is 23.4 Å². The molecule has 1 aliphatic rings. The molecule has 1 atom stereocenters. The van der Waals surface area contributed by atoms with Crippen LogP contribution < -0.4 is 10.6 Å². The first-order chi connectivity index (χ1) is 13.7. The molecule has 154 valence electrons. The van der Waals surface area contributed by atoms with Crippen LogP contribution in [-0.2, 0) is 19.4 Å². The zero-order valence-electron chi connectivity index (χ0n) is 16.0. The summed E-state index contributed by atoms with van der Waals surface area (Å²) in [5, 5.41) is 5.62. The molecule has 3 rings (SSSR count). The molecule has 0 radical (unpaired) electrons. The third-order valence-electron chi connectivity index (χ3n) is 4.50. The van der Waals surface area contributed by atoms with Crippen LogP contribution in [0.5, 0.6) is 0 Å². The normalized spacial score (nSPS) is 16.1. The van der Waals surface area contributed by atoms with E-state index < -0.39 is 15.7 Å². The molecule has 0 aliphatic carbocycles. The number of nitrogens with one attached hydrogen (secondary N) is 2. The van der Waals surface area contributed by atoms with Gasteiger partial charge in [-0.25, -0.2) is 8.42 Å². The minimum atomic E-state index is -3.69. The molecule has 0 spiro atoms. The molecule has 0 unspecified atom stereocenters. The summed E-state index contributed by atoms with van der Waals surface area (Å²) in [6.45, 7) is 3.81. The minimum Gasteiger partial charge on any atom is -0.325 e. The van der Waals surface area contributed by atoms with Gasteiger partial charge in [0.05, 0.1) is 32.3 Å². The summed E-state index contributed by atoms with van der Waals surface area (Å²) < 4.78 is 25.3. The molecule has 0 saturated carbocycles. The number of thioether (sulfide) groups is 1. The van der Waals surface area contributed by atoms with Crippen LogP contribution in [0.1, 0.15) is 25.3 Å². The Morgan fingerprint density at radius 3 is 2.69 bits per heavy atom. The molecule has 2 N–H and O–H groups in total. The lowest BCUT2D eigenvalue weighted by Gasteiger charge is -2.23. The van der Waals surface area contributed by atoms with Crippen molar-refractivity contribution in [2.45, 2.75) is 41.7 Å². The van der Waals surface area contributed by atoms with Crippen LogP contribution in [0.3, 0.4) is 0 Å². The highest BCUT2D eigenvalue weighted by Gasteiger charge is 2.27. The van der Waals surface area contributed by atoms with Gasteiger partial charge in [0, 0.05) is 11.3 Å². The van der Waals surface area contributed by atoms with E-state index >= 15 is 0 Å². The fourth-order valence-electron chi connectivity index (χ4n) is 2.87. The number of halogens is 1. The van der Waals surface area contributed by atoms with Crippen molar-refractivity contribution in [2.24, 2.45) is 0 Å². The van der Waals surface area contributed by atoms with Gasteiger partial charge in [-0.05, 0) is 49.2 Å². The molecule has 0 fully saturated rings. The Labute approximate surface area is 179 Å². The predicted octanol–water partition coefficient (Wildman–Crippen LogP) is 4.27. The molecule has 2 amide bonds. The van der Waals surface area contributed by atoms with Crippen molar-refractivity contribution in [3.8, 4) is 0 Å². The summed E-state index contributed by atoms with van der Waals surface area (Å²) in [5.74, 6) is -0.916. The summed E-state index contributed by atoms with van der Waals surface area (Å²) in [6.07, 6.45) is 0.485. The first-order valence-corrected chi connectivity index (χ1v) is 12.0. The highest BCUT2D eigenvalue weighted by atomic mass is 35.5. The molecule has 29 heavy (non-hydrogen) atoms. The van der Waals surface area contributed by atoms with Gasteiger partial charge in [-0.3, -0.25) is 9.59 Å². The van der Waals surface area contributed by atoms with Gasteiger partial charge in [0.15, 0.2) is 9.84 Å². The van der Waals surface area contributed by atoms with Crippen molar-refractivity contribution in [1.29, 1.82) is 0 Å². The van der Waals surface area contributed by atoms with Gasteiger partial charge in [0.1, 0.15) is 0 Å².